The standard InChI is InChI=1S/C17H21NO3S/c1-11(2)15-6-5-14(7-12(15)3)21-9-16-18-13(10-22-16)8-17(19)20-4/h5-7,10-11H,8-9H2,1-4H3. The van der Waals surface area contributed by atoms with Crippen LogP contribution in [0, 0.1) is 6.92 Å². The predicted molar refractivity (Wildman–Crippen MR) is 87.4 cm³/mol. The summed E-state index contributed by atoms with van der Waals surface area (Å²) in [5, 5.41) is 2.72. The van der Waals surface area contributed by atoms with Gasteiger partial charge in [-0.05, 0) is 36.1 Å². The van der Waals surface area contributed by atoms with Crippen molar-refractivity contribution in [1.82, 2.24) is 4.98 Å². The number of hydrogen-bond acceptors (Lipinski definition) is 5. The van der Waals surface area contributed by atoms with Crippen LogP contribution in [0.4, 0.5) is 0 Å². The van der Waals surface area contributed by atoms with Crippen LogP contribution in [0.3, 0.4) is 0 Å². The van der Waals surface area contributed by atoms with Crippen LogP contribution in [0.15, 0.2) is 23.6 Å². The summed E-state index contributed by atoms with van der Waals surface area (Å²) in [6.07, 6.45) is 0.204. The first-order valence-corrected chi connectivity index (χ1v) is 8.11. The van der Waals surface area contributed by atoms with Crippen molar-refractivity contribution >= 4 is 17.3 Å². The van der Waals surface area contributed by atoms with Gasteiger partial charge in [-0.1, -0.05) is 19.9 Å². The first-order valence-electron chi connectivity index (χ1n) is 7.23. The minimum absolute atomic E-state index is 0.204. The molecule has 1 aromatic heterocycles. The van der Waals surface area contributed by atoms with Crippen molar-refractivity contribution in [1.29, 1.82) is 0 Å². The molecule has 4 nitrogen and oxygen atoms in total. The molecular formula is C17H21NO3S. The number of thiazole rings is 1. The smallest absolute Gasteiger partial charge is 0.311 e. The molecule has 0 aliphatic heterocycles. The van der Waals surface area contributed by atoms with Gasteiger partial charge in [-0.25, -0.2) is 4.98 Å². The summed E-state index contributed by atoms with van der Waals surface area (Å²) < 4.78 is 10.4. The van der Waals surface area contributed by atoms with Crippen LogP contribution >= 0.6 is 11.3 Å². The number of carbonyl (C=O) groups excluding carboxylic acids is 1. The molecule has 0 saturated carbocycles. The number of nitrogens with zero attached hydrogens (tertiary/aromatic N) is 1. The summed E-state index contributed by atoms with van der Waals surface area (Å²) in [5.74, 6) is 1.07. The van der Waals surface area contributed by atoms with Crippen molar-refractivity contribution in [2.75, 3.05) is 7.11 Å². The zero-order valence-corrected chi connectivity index (χ0v) is 14.2. The summed E-state index contributed by atoms with van der Waals surface area (Å²) in [5.41, 5.74) is 3.29. The highest BCUT2D eigenvalue weighted by Gasteiger charge is 2.09. The molecule has 0 N–H and O–H groups in total. The third kappa shape index (κ3) is 4.31. The second-order valence-corrected chi connectivity index (χ2v) is 6.39. The molecular weight excluding hydrogens is 298 g/mol. The topological polar surface area (TPSA) is 48.4 Å². The van der Waals surface area contributed by atoms with Crippen LogP contribution in [-0.2, 0) is 22.6 Å². The van der Waals surface area contributed by atoms with Gasteiger partial charge in [0.1, 0.15) is 17.4 Å². The summed E-state index contributed by atoms with van der Waals surface area (Å²) in [4.78, 5) is 15.6. The van der Waals surface area contributed by atoms with E-state index in [1.165, 1.54) is 29.6 Å². The van der Waals surface area contributed by atoms with E-state index < -0.39 is 0 Å². The van der Waals surface area contributed by atoms with Gasteiger partial charge >= 0.3 is 5.97 Å². The molecule has 0 saturated heterocycles. The number of aromatic nitrogens is 1. The molecule has 2 rings (SSSR count). The lowest BCUT2D eigenvalue weighted by Gasteiger charge is -2.11. The van der Waals surface area contributed by atoms with Gasteiger partial charge in [0.05, 0.1) is 19.2 Å². The van der Waals surface area contributed by atoms with E-state index in [-0.39, 0.29) is 12.4 Å². The van der Waals surface area contributed by atoms with Crippen LogP contribution in [0.1, 0.15) is 41.6 Å². The zero-order valence-electron chi connectivity index (χ0n) is 13.4. The molecule has 2 aromatic rings. The maximum absolute atomic E-state index is 11.2. The van der Waals surface area contributed by atoms with Gasteiger partial charge in [0, 0.05) is 5.38 Å². The van der Waals surface area contributed by atoms with Crippen LogP contribution in [0.25, 0.3) is 0 Å². The van der Waals surface area contributed by atoms with E-state index in [4.69, 9.17) is 4.74 Å². The maximum Gasteiger partial charge on any atom is 0.311 e. The van der Waals surface area contributed by atoms with E-state index in [0.717, 1.165) is 16.5 Å². The van der Waals surface area contributed by atoms with Gasteiger partial charge < -0.3 is 9.47 Å². The highest BCUT2D eigenvalue weighted by molar-refractivity contribution is 7.09. The first kappa shape index (κ1) is 16.5. The second kappa shape index (κ2) is 7.40. The van der Waals surface area contributed by atoms with Gasteiger partial charge in [0.2, 0.25) is 0 Å². The van der Waals surface area contributed by atoms with E-state index >= 15 is 0 Å². The van der Waals surface area contributed by atoms with Crippen molar-refractivity contribution in [3.8, 4) is 5.75 Å². The molecule has 0 spiro atoms. The van der Waals surface area contributed by atoms with Gasteiger partial charge in [0.25, 0.3) is 0 Å². The number of methoxy groups -OCH3 is 1. The lowest BCUT2D eigenvalue weighted by Crippen LogP contribution is -2.05. The quantitative estimate of drug-likeness (QED) is 0.758. The third-order valence-electron chi connectivity index (χ3n) is 3.38. The monoisotopic (exact) mass is 319 g/mol. The third-order valence-corrected chi connectivity index (χ3v) is 4.25. The summed E-state index contributed by atoms with van der Waals surface area (Å²) in [6, 6.07) is 6.16. The van der Waals surface area contributed by atoms with Crippen molar-refractivity contribution in [2.45, 2.75) is 39.7 Å². The lowest BCUT2D eigenvalue weighted by molar-refractivity contribution is -0.139. The molecule has 0 aliphatic rings. The molecule has 0 aliphatic carbocycles. The average Bonchev–Trinajstić information content (AvgIpc) is 2.92. The fraction of sp³-hybridized carbons (Fsp3) is 0.412. The number of rotatable bonds is 6. The van der Waals surface area contributed by atoms with Crippen LogP contribution in [0.5, 0.6) is 5.75 Å². The molecule has 0 unspecified atom stereocenters. The molecule has 0 atom stereocenters. The van der Waals surface area contributed by atoms with Crippen molar-refractivity contribution in [2.24, 2.45) is 0 Å². The summed E-state index contributed by atoms with van der Waals surface area (Å²) in [7, 11) is 1.38. The number of hydrogen-bond donors (Lipinski definition) is 0. The molecule has 1 aromatic carbocycles. The molecule has 0 amide bonds. The molecule has 1 heterocycles. The van der Waals surface area contributed by atoms with Crippen LogP contribution < -0.4 is 4.74 Å². The Kier molecular flexibility index (Phi) is 5.55. The van der Waals surface area contributed by atoms with Gasteiger partial charge in [-0.2, -0.15) is 0 Å². The van der Waals surface area contributed by atoms with E-state index in [1.54, 1.807) is 0 Å². The Labute approximate surface area is 135 Å². The van der Waals surface area contributed by atoms with Crippen molar-refractivity contribution in [3.05, 3.63) is 45.4 Å². The Bertz CT molecular complexity index is 649. The van der Waals surface area contributed by atoms with E-state index in [2.05, 4.69) is 42.6 Å². The number of aryl methyl sites for hydroxylation is 1. The minimum Gasteiger partial charge on any atom is -0.486 e. The molecule has 22 heavy (non-hydrogen) atoms. The first-order chi connectivity index (χ1) is 10.5. The highest BCUT2D eigenvalue weighted by atomic mass is 32.1. The average molecular weight is 319 g/mol. The highest BCUT2D eigenvalue weighted by Crippen LogP contribution is 2.24. The SMILES string of the molecule is COC(=O)Cc1csc(COc2ccc(C(C)C)c(C)c2)n1. The van der Waals surface area contributed by atoms with Crippen LogP contribution in [0.2, 0.25) is 0 Å². The maximum atomic E-state index is 11.2. The molecule has 0 fully saturated rings. The number of ether oxygens (including phenoxy) is 2. The second-order valence-electron chi connectivity index (χ2n) is 5.45. The largest absolute Gasteiger partial charge is 0.486 e. The Hall–Kier alpha value is -1.88. The fourth-order valence-corrected chi connectivity index (χ4v) is 2.95. The molecule has 0 bridgehead atoms. The van der Waals surface area contributed by atoms with E-state index in [0.29, 0.717) is 12.5 Å². The fourth-order valence-electron chi connectivity index (χ4n) is 2.25. The zero-order chi connectivity index (χ0) is 16.1. The van der Waals surface area contributed by atoms with E-state index in [1.807, 2.05) is 11.4 Å². The minimum atomic E-state index is -0.280. The van der Waals surface area contributed by atoms with E-state index in [9.17, 15) is 4.79 Å². The predicted octanol–water partition coefficient (Wildman–Crippen LogP) is 3.87. The summed E-state index contributed by atoms with van der Waals surface area (Å²) in [6.45, 7) is 6.87. The number of carbonyl (C=O) groups is 1. The normalized spacial score (nSPS) is 10.8. The Morgan fingerprint density at radius 1 is 1.36 bits per heavy atom. The van der Waals surface area contributed by atoms with Gasteiger partial charge in [-0.15, -0.1) is 11.3 Å². The molecule has 118 valence electrons. The number of esters is 1. The van der Waals surface area contributed by atoms with Gasteiger partial charge in [-0.3, -0.25) is 4.79 Å². The Morgan fingerprint density at radius 2 is 2.14 bits per heavy atom. The lowest BCUT2D eigenvalue weighted by atomic mass is 9.98. The summed E-state index contributed by atoms with van der Waals surface area (Å²) >= 11 is 1.49. The Morgan fingerprint density at radius 3 is 2.77 bits per heavy atom. The van der Waals surface area contributed by atoms with Gasteiger partial charge in [0.15, 0.2) is 0 Å². The number of benzene rings is 1. The van der Waals surface area contributed by atoms with Crippen molar-refractivity contribution in [3.63, 3.8) is 0 Å². The Balaban J connectivity index is 1.96. The molecule has 0 radical (unpaired) electrons. The molecule has 5 heteroatoms. The van der Waals surface area contributed by atoms with Crippen molar-refractivity contribution < 1.29 is 14.3 Å². The van der Waals surface area contributed by atoms with Crippen LogP contribution in [-0.4, -0.2) is 18.1 Å².